The van der Waals surface area contributed by atoms with Crippen molar-refractivity contribution >= 4 is 9.30 Å². The van der Waals surface area contributed by atoms with Gasteiger partial charge in [0.05, 0.1) is 0 Å². The molecule has 0 saturated heterocycles. The SMILES string of the molecule is C[CH2][Ti]([Cl])([CH2]C)[CH2]C. The molecule has 0 aromatic heterocycles. The first-order valence-electron chi connectivity index (χ1n) is 3.37. The Morgan fingerprint density at radius 2 is 1.25 bits per heavy atom. The summed E-state index contributed by atoms with van der Waals surface area (Å²) in [5.74, 6) is 0. The van der Waals surface area contributed by atoms with Crippen LogP contribution in [0.2, 0.25) is 14.2 Å². The first-order chi connectivity index (χ1) is 3.68. The van der Waals surface area contributed by atoms with Crippen LogP contribution in [-0.4, -0.2) is 0 Å². The third-order valence-corrected chi connectivity index (χ3v) is 11.1. The maximum absolute atomic E-state index is 6.28. The Kier molecular flexibility index (Phi) is 4.42. The first kappa shape index (κ1) is 9.00. The van der Waals surface area contributed by atoms with E-state index in [1.807, 2.05) is 0 Å². The predicted molar refractivity (Wildman–Crippen MR) is 37.3 cm³/mol. The normalized spacial score (nSPS) is 12.0. The molecule has 0 aliphatic heterocycles. The molecule has 2 heteroatoms. The van der Waals surface area contributed by atoms with Crippen LogP contribution in [0.1, 0.15) is 20.8 Å². The van der Waals surface area contributed by atoms with Crippen molar-refractivity contribution in [2.75, 3.05) is 0 Å². The molecule has 0 fully saturated rings. The van der Waals surface area contributed by atoms with E-state index < -0.39 is 15.5 Å². The Bertz CT molecular complexity index is 51.3. The molecule has 0 amide bonds. The van der Waals surface area contributed by atoms with Crippen molar-refractivity contribution in [1.29, 1.82) is 0 Å². The molecule has 0 nitrogen and oxygen atoms in total. The van der Waals surface area contributed by atoms with E-state index in [2.05, 4.69) is 20.8 Å². The van der Waals surface area contributed by atoms with E-state index in [0.29, 0.717) is 0 Å². The van der Waals surface area contributed by atoms with Crippen LogP contribution in [0.5, 0.6) is 0 Å². The zero-order chi connectivity index (χ0) is 6.62. The van der Waals surface area contributed by atoms with Crippen LogP contribution in [0.4, 0.5) is 0 Å². The fraction of sp³-hybridized carbons (Fsp3) is 1.00. The summed E-state index contributed by atoms with van der Waals surface area (Å²) >= 11 is -1.65. The zero-order valence-electron chi connectivity index (χ0n) is 6.00. The van der Waals surface area contributed by atoms with E-state index >= 15 is 0 Å². The monoisotopic (exact) mass is 170 g/mol. The van der Waals surface area contributed by atoms with Crippen molar-refractivity contribution in [2.24, 2.45) is 0 Å². The molecule has 0 radical (unpaired) electrons. The second-order valence-corrected chi connectivity index (χ2v) is 12.4. The summed E-state index contributed by atoms with van der Waals surface area (Å²) in [5, 5.41) is 0. The fourth-order valence-corrected chi connectivity index (χ4v) is 3.09. The second-order valence-electron chi connectivity index (χ2n) is 2.21. The molecule has 0 saturated carbocycles. The van der Waals surface area contributed by atoms with Gasteiger partial charge in [-0.2, -0.15) is 0 Å². The summed E-state index contributed by atoms with van der Waals surface area (Å²) in [4.78, 5) is 0. The van der Waals surface area contributed by atoms with Gasteiger partial charge in [-0.1, -0.05) is 0 Å². The van der Waals surface area contributed by atoms with Crippen molar-refractivity contribution in [1.82, 2.24) is 0 Å². The van der Waals surface area contributed by atoms with Crippen molar-refractivity contribution < 1.29 is 15.5 Å². The fourth-order valence-electron chi connectivity index (χ4n) is 0.750. The number of hydrogen-bond donors (Lipinski definition) is 0. The van der Waals surface area contributed by atoms with Gasteiger partial charge in [0.25, 0.3) is 0 Å². The Morgan fingerprint density at radius 3 is 1.25 bits per heavy atom. The molecule has 0 rings (SSSR count). The van der Waals surface area contributed by atoms with E-state index in [1.165, 1.54) is 14.2 Å². The molecule has 0 unspecified atom stereocenters. The first-order valence-corrected chi connectivity index (χ1v) is 8.83. The van der Waals surface area contributed by atoms with Gasteiger partial charge >= 0.3 is 59.8 Å². The van der Waals surface area contributed by atoms with Crippen molar-refractivity contribution in [3.8, 4) is 0 Å². The summed E-state index contributed by atoms with van der Waals surface area (Å²) in [7, 11) is 6.28. The molecule has 0 aromatic carbocycles. The van der Waals surface area contributed by atoms with Gasteiger partial charge in [-0.05, 0) is 0 Å². The Balaban J connectivity index is 3.58. The van der Waals surface area contributed by atoms with Gasteiger partial charge in [-0.25, -0.2) is 0 Å². The third-order valence-electron chi connectivity index (χ3n) is 1.90. The van der Waals surface area contributed by atoms with Gasteiger partial charge in [-0.15, -0.1) is 0 Å². The van der Waals surface area contributed by atoms with Gasteiger partial charge < -0.3 is 0 Å². The van der Waals surface area contributed by atoms with Crippen LogP contribution in [0.25, 0.3) is 0 Å². The standard InChI is InChI=1S/3C2H5.ClH.Ti/c3*1-2;;/h3*1H2,2H3;1H;/q;;;;+1/p-1. The summed E-state index contributed by atoms with van der Waals surface area (Å²) in [5.41, 5.74) is 0. The molecule has 0 aliphatic rings. The van der Waals surface area contributed by atoms with E-state index in [9.17, 15) is 0 Å². The van der Waals surface area contributed by atoms with Crippen LogP contribution in [0.3, 0.4) is 0 Å². The molecule has 0 aromatic rings. The molecule has 8 heavy (non-hydrogen) atoms. The minimum atomic E-state index is -1.65. The van der Waals surface area contributed by atoms with Gasteiger partial charge in [0, 0.05) is 0 Å². The molecule has 0 spiro atoms. The minimum absolute atomic E-state index is 1.27. The van der Waals surface area contributed by atoms with Gasteiger partial charge in [-0.3, -0.25) is 0 Å². The topological polar surface area (TPSA) is 0 Å². The van der Waals surface area contributed by atoms with Crippen molar-refractivity contribution in [2.45, 2.75) is 34.9 Å². The summed E-state index contributed by atoms with van der Waals surface area (Å²) in [6, 6.07) is 0. The van der Waals surface area contributed by atoms with Gasteiger partial charge in [0.2, 0.25) is 0 Å². The number of halogens is 1. The summed E-state index contributed by atoms with van der Waals surface area (Å²) in [6.07, 6.45) is 0. The van der Waals surface area contributed by atoms with Crippen LogP contribution >= 0.6 is 9.30 Å². The third kappa shape index (κ3) is 2.52. The average molecular weight is 171 g/mol. The molecular weight excluding hydrogens is 155 g/mol. The molecule has 50 valence electrons. The Labute approximate surface area is 59.8 Å². The van der Waals surface area contributed by atoms with Crippen molar-refractivity contribution in [3.05, 3.63) is 0 Å². The molecule has 0 N–H and O–H groups in total. The number of hydrogen-bond acceptors (Lipinski definition) is 0. The van der Waals surface area contributed by atoms with E-state index in [4.69, 9.17) is 9.30 Å². The molecule has 0 bridgehead atoms. The summed E-state index contributed by atoms with van der Waals surface area (Å²) in [6.45, 7) is 6.67. The van der Waals surface area contributed by atoms with Crippen molar-refractivity contribution in [3.63, 3.8) is 0 Å². The molecular formula is C6H15ClTi. The Morgan fingerprint density at radius 1 is 1.00 bits per heavy atom. The molecule has 0 heterocycles. The molecule has 0 atom stereocenters. The van der Waals surface area contributed by atoms with Gasteiger partial charge in [0.1, 0.15) is 0 Å². The predicted octanol–water partition coefficient (Wildman–Crippen LogP) is 3.61. The van der Waals surface area contributed by atoms with Crippen LogP contribution in [0, 0.1) is 0 Å². The van der Waals surface area contributed by atoms with E-state index in [1.54, 1.807) is 0 Å². The van der Waals surface area contributed by atoms with Crippen LogP contribution in [0.15, 0.2) is 0 Å². The zero-order valence-corrected chi connectivity index (χ0v) is 8.32. The van der Waals surface area contributed by atoms with Crippen LogP contribution in [-0.2, 0) is 15.5 Å². The summed E-state index contributed by atoms with van der Waals surface area (Å²) < 4.78 is 3.82. The molecule has 0 aliphatic carbocycles. The van der Waals surface area contributed by atoms with Gasteiger partial charge in [0.15, 0.2) is 0 Å². The van der Waals surface area contributed by atoms with E-state index in [0.717, 1.165) is 0 Å². The number of rotatable bonds is 3. The maximum atomic E-state index is 6.28. The van der Waals surface area contributed by atoms with Crippen LogP contribution < -0.4 is 0 Å². The van der Waals surface area contributed by atoms with E-state index in [-0.39, 0.29) is 0 Å². The average Bonchev–Trinajstić information content (AvgIpc) is 1.87. The quantitative estimate of drug-likeness (QED) is 0.568. The second kappa shape index (κ2) is 3.92. The Hall–Kier alpha value is 1.00.